The minimum absolute atomic E-state index is 0.159. The fourth-order valence-corrected chi connectivity index (χ4v) is 3.53. The van der Waals surface area contributed by atoms with Crippen molar-refractivity contribution >= 4 is 40.3 Å². The number of carbonyl (C=O) groups is 1. The maximum Gasteiger partial charge on any atom is 0.266 e. The van der Waals surface area contributed by atoms with Crippen molar-refractivity contribution < 1.29 is 18.0 Å². The average molecular weight is 351 g/mol. The Bertz CT molecular complexity index is 829. The molecule has 1 aliphatic rings. The molecule has 3 nitrogen and oxygen atoms in total. The number of nitrogens with zero attached hydrogens (tertiary/aromatic N) is 1. The summed E-state index contributed by atoms with van der Waals surface area (Å²) in [5.41, 5.74) is 0.159. The van der Waals surface area contributed by atoms with Crippen molar-refractivity contribution in [2.45, 2.75) is 6.92 Å². The van der Waals surface area contributed by atoms with Crippen molar-refractivity contribution in [3.05, 3.63) is 52.6 Å². The van der Waals surface area contributed by atoms with Crippen LogP contribution < -0.4 is 0 Å². The van der Waals surface area contributed by atoms with Gasteiger partial charge < -0.3 is 4.42 Å². The lowest BCUT2D eigenvalue weighted by molar-refractivity contribution is -0.121. The van der Waals surface area contributed by atoms with Crippen LogP contribution in [-0.2, 0) is 4.79 Å². The summed E-state index contributed by atoms with van der Waals surface area (Å²) in [5.74, 6) is -0.863. The Balaban J connectivity index is 1.90. The first-order chi connectivity index (χ1) is 11.0. The van der Waals surface area contributed by atoms with Gasteiger partial charge in [-0.2, -0.15) is 0 Å². The molecular formula is C16H11F2NO2S2. The molecule has 7 heteroatoms. The first kappa shape index (κ1) is 15.9. The van der Waals surface area contributed by atoms with E-state index in [4.69, 9.17) is 16.6 Å². The molecule has 1 fully saturated rings. The van der Waals surface area contributed by atoms with Gasteiger partial charge in [-0.1, -0.05) is 24.0 Å². The zero-order chi connectivity index (χ0) is 16.6. The van der Waals surface area contributed by atoms with Crippen molar-refractivity contribution in [3.8, 4) is 11.3 Å². The molecule has 0 spiro atoms. The Labute approximate surface area is 141 Å². The van der Waals surface area contributed by atoms with Crippen molar-refractivity contribution in [2.24, 2.45) is 0 Å². The molecule has 0 aliphatic carbocycles. The van der Waals surface area contributed by atoms with E-state index in [2.05, 4.69) is 0 Å². The number of benzene rings is 1. The van der Waals surface area contributed by atoms with Gasteiger partial charge in [-0.05, 0) is 31.2 Å². The molecule has 0 atom stereocenters. The molecule has 2 aromatic rings. The van der Waals surface area contributed by atoms with Gasteiger partial charge in [-0.15, -0.1) is 0 Å². The number of rotatable bonds is 3. The van der Waals surface area contributed by atoms with Gasteiger partial charge in [0.2, 0.25) is 0 Å². The molecule has 23 heavy (non-hydrogen) atoms. The van der Waals surface area contributed by atoms with Crippen LogP contribution >= 0.6 is 24.0 Å². The summed E-state index contributed by atoms with van der Waals surface area (Å²) in [6.45, 7) is 2.35. The Kier molecular flexibility index (Phi) is 4.32. The summed E-state index contributed by atoms with van der Waals surface area (Å²) < 4.78 is 32.8. The van der Waals surface area contributed by atoms with Gasteiger partial charge in [0.25, 0.3) is 5.91 Å². The van der Waals surface area contributed by atoms with Crippen molar-refractivity contribution in [3.63, 3.8) is 0 Å². The quantitative estimate of drug-likeness (QED) is 0.604. The van der Waals surface area contributed by atoms with E-state index in [1.165, 1.54) is 22.7 Å². The number of amides is 1. The Morgan fingerprint density at radius 3 is 2.74 bits per heavy atom. The number of carbonyl (C=O) groups excluding carboxylic acids is 1. The molecule has 1 amide bonds. The maximum absolute atomic E-state index is 13.8. The molecule has 0 radical (unpaired) electrons. The molecule has 118 valence electrons. The van der Waals surface area contributed by atoms with Gasteiger partial charge in [0, 0.05) is 18.7 Å². The predicted octanol–water partition coefficient (Wildman–Crippen LogP) is 4.45. The number of furan rings is 1. The molecule has 2 heterocycles. The lowest BCUT2D eigenvalue weighted by Gasteiger charge is -2.09. The van der Waals surface area contributed by atoms with Crippen LogP contribution in [0.3, 0.4) is 0 Å². The molecule has 1 aromatic heterocycles. The van der Waals surface area contributed by atoms with E-state index in [0.29, 0.717) is 21.5 Å². The first-order valence-corrected chi connectivity index (χ1v) is 8.02. The molecular weight excluding hydrogens is 340 g/mol. The van der Waals surface area contributed by atoms with Gasteiger partial charge >= 0.3 is 0 Å². The van der Waals surface area contributed by atoms with Crippen LogP contribution in [0.2, 0.25) is 0 Å². The average Bonchev–Trinajstić information content (AvgIpc) is 3.05. The van der Waals surface area contributed by atoms with Gasteiger partial charge in [0.15, 0.2) is 0 Å². The largest absolute Gasteiger partial charge is 0.457 e. The van der Waals surface area contributed by atoms with Gasteiger partial charge in [-0.3, -0.25) is 9.69 Å². The van der Waals surface area contributed by atoms with Crippen LogP contribution in [-0.4, -0.2) is 21.7 Å². The smallest absolute Gasteiger partial charge is 0.266 e. The van der Waals surface area contributed by atoms with Crippen LogP contribution in [0.1, 0.15) is 12.7 Å². The highest BCUT2D eigenvalue weighted by atomic mass is 32.2. The van der Waals surface area contributed by atoms with Crippen LogP contribution in [0.25, 0.3) is 17.4 Å². The Morgan fingerprint density at radius 1 is 1.30 bits per heavy atom. The van der Waals surface area contributed by atoms with Crippen molar-refractivity contribution in [1.82, 2.24) is 4.90 Å². The summed E-state index contributed by atoms with van der Waals surface area (Å²) in [5, 5.41) is 0. The molecule has 0 N–H and O–H groups in total. The van der Waals surface area contributed by atoms with Crippen LogP contribution in [0.5, 0.6) is 0 Å². The molecule has 1 aromatic carbocycles. The fraction of sp³-hybridized carbons (Fsp3) is 0.125. The zero-order valence-corrected chi connectivity index (χ0v) is 13.6. The van der Waals surface area contributed by atoms with Gasteiger partial charge in [0.05, 0.1) is 10.5 Å². The molecule has 0 unspecified atom stereocenters. The summed E-state index contributed by atoms with van der Waals surface area (Å²) in [4.78, 5) is 14.1. The third-order valence-corrected chi connectivity index (χ3v) is 4.66. The Hall–Kier alpha value is -1.99. The van der Waals surface area contributed by atoms with E-state index in [1.54, 1.807) is 18.2 Å². The summed E-state index contributed by atoms with van der Waals surface area (Å²) in [6.07, 6.45) is 1.57. The monoisotopic (exact) mass is 351 g/mol. The lowest BCUT2D eigenvalue weighted by atomic mass is 10.1. The predicted molar refractivity (Wildman–Crippen MR) is 89.6 cm³/mol. The summed E-state index contributed by atoms with van der Waals surface area (Å²) in [7, 11) is 0. The number of halogens is 2. The first-order valence-electron chi connectivity index (χ1n) is 6.80. The van der Waals surface area contributed by atoms with Crippen molar-refractivity contribution in [2.75, 3.05) is 6.54 Å². The van der Waals surface area contributed by atoms with Crippen LogP contribution in [0.15, 0.2) is 39.7 Å². The highest BCUT2D eigenvalue weighted by Crippen LogP contribution is 2.33. The van der Waals surface area contributed by atoms with E-state index in [9.17, 15) is 13.6 Å². The van der Waals surface area contributed by atoms with E-state index in [1.807, 2.05) is 6.92 Å². The topological polar surface area (TPSA) is 33.5 Å². The minimum atomic E-state index is -0.705. The second kappa shape index (κ2) is 6.25. The lowest BCUT2D eigenvalue weighted by Crippen LogP contribution is -2.27. The third kappa shape index (κ3) is 3.07. The summed E-state index contributed by atoms with van der Waals surface area (Å²) in [6, 6.07) is 6.46. The van der Waals surface area contributed by atoms with Crippen molar-refractivity contribution in [1.29, 1.82) is 0 Å². The number of hydrogen-bond donors (Lipinski definition) is 0. The van der Waals surface area contributed by atoms with E-state index < -0.39 is 11.6 Å². The molecule has 0 bridgehead atoms. The number of thiocarbonyl (C=S) groups is 1. The second-order valence-corrected chi connectivity index (χ2v) is 6.43. The number of likely N-dealkylation sites (N-methyl/N-ethyl adjacent to an activating group) is 1. The van der Waals surface area contributed by atoms with E-state index in [-0.39, 0.29) is 17.2 Å². The van der Waals surface area contributed by atoms with E-state index in [0.717, 1.165) is 12.1 Å². The van der Waals surface area contributed by atoms with E-state index >= 15 is 0 Å². The SMILES string of the molecule is CCN1C(=O)/C(=C/c2ccc(-c3ccc(F)cc3F)o2)SC1=S. The highest BCUT2D eigenvalue weighted by Gasteiger charge is 2.30. The van der Waals surface area contributed by atoms with Gasteiger partial charge in [-0.25, -0.2) is 8.78 Å². The third-order valence-electron chi connectivity index (χ3n) is 3.29. The normalized spacial score (nSPS) is 16.7. The highest BCUT2D eigenvalue weighted by molar-refractivity contribution is 8.26. The fourth-order valence-electron chi connectivity index (χ4n) is 2.17. The number of hydrogen-bond acceptors (Lipinski definition) is 4. The van der Waals surface area contributed by atoms with Crippen LogP contribution in [0, 0.1) is 11.6 Å². The standard InChI is InChI=1S/C16H11F2NO2S2/c1-2-19-15(20)14(23-16(19)22)8-10-4-6-13(21-10)11-5-3-9(17)7-12(11)18/h3-8H,2H2,1H3/b14-8-. The molecule has 0 saturated carbocycles. The second-order valence-electron chi connectivity index (χ2n) is 4.75. The maximum atomic E-state index is 13.8. The Morgan fingerprint density at radius 2 is 2.09 bits per heavy atom. The summed E-state index contributed by atoms with van der Waals surface area (Å²) >= 11 is 6.33. The van der Waals surface area contributed by atoms with Crippen LogP contribution in [0.4, 0.5) is 8.78 Å². The molecule has 1 saturated heterocycles. The molecule has 1 aliphatic heterocycles. The molecule has 3 rings (SSSR count). The minimum Gasteiger partial charge on any atom is -0.457 e. The number of thioether (sulfide) groups is 1. The zero-order valence-electron chi connectivity index (χ0n) is 12.0. The van der Waals surface area contributed by atoms with Gasteiger partial charge in [0.1, 0.15) is 27.5 Å².